The molecule has 2 N–H and O–H groups in total. The van der Waals surface area contributed by atoms with Gasteiger partial charge in [-0.2, -0.15) is 8.78 Å². The van der Waals surface area contributed by atoms with E-state index < -0.39 is 19.0 Å². The minimum Gasteiger partial charge on any atom is -0.485 e. The highest BCUT2D eigenvalue weighted by Crippen LogP contribution is 2.33. The molecule has 1 aromatic rings. The van der Waals surface area contributed by atoms with Crippen molar-refractivity contribution in [1.29, 1.82) is 0 Å². The lowest BCUT2D eigenvalue weighted by Gasteiger charge is -2.17. The number of alkyl halides is 4. The lowest BCUT2D eigenvalue weighted by Crippen LogP contribution is -2.33. The molecular formula is C9H7Cl2F4NO. The maximum Gasteiger partial charge on any atom is 0.340 e. The Balaban J connectivity index is 2.80. The van der Waals surface area contributed by atoms with E-state index in [0.29, 0.717) is 0 Å². The van der Waals surface area contributed by atoms with Gasteiger partial charge in [-0.05, 0) is 6.07 Å². The number of ether oxygens (including phenoxy) is 1. The normalized spacial score (nSPS) is 11.9. The summed E-state index contributed by atoms with van der Waals surface area (Å²) in [5.74, 6) is -4.47. The van der Waals surface area contributed by atoms with E-state index in [1.54, 1.807) is 0 Å². The van der Waals surface area contributed by atoms with Gasteiger partial charge < -0.3 is 10.5 Å². The first-order chi connectivity index (χ1) is 7.74. The van der Waals surface area contributed by atoms with Crippen molar-refractivity contribution in [3.05, 3.63) is 22.2 Å². The standard InChI is InChI=1S/C9H7Cl2F4NO/c10-4-1-6(16)7(2-5(4)11)17-3-9(14,15)8(12)13/h1-2,8H,3,16H2. The quantitative estimate of drug-likeness (QED) is 0.675. The van der Waals surface area contributed by atoms with Crippen LogP contribution in [0.4, 0.5) is 23.2 Å². The third-order valence-corrected chi connectivity index (χ3v) is 2.51. The minimum absolute atomic E-state index is 0.0243. The van der Waals surface area contributed by atoms with E-state index in [1.165, 1.54) is 6.07 Å². The number of rotatable bonds is 4. The first kappa shape index (κ1) is 14.2. The molecule has 0 fully saturated rings. The average Bonchev–Trinajstić information content (AvgIpc) is 2.21. The lowest BCUT2D eigenvalue weighted by molar-refractivity contribution is -0.148. The van der Waals surface area contributed by atoms with Crippen molar-refractivity contribution in [2.24, 2.45) is 0 Å². The van der Waals surface area contributed by atoms with E-state index >= 15 is 0 Å². The molecule has 2 nitrogen and oxygen atoms in total. The van der Waals surface area contributed by atoms with Gasteiger partial charge in [0.2, 0.25) is 0 Å². The van der Waals surface area contributed by atoms with E-state index in [0.717, 1.165) is 6.07 Å². The van der Waals surface area contributed by atoms with Crippen molar-refractivity contribution < 1.29 is 22.3 Å². The Labute approximate surface area is 104 Å². The van der Waals surface area contributed by atoms with Crippen molar-refractivity contribution >= 4 is 28.9 Å². The highest BCUT2D eigenvalue weighted by atomic mass is 35.5. The maximum atomic E-state index is 12.6. The average molecular weight is 292 g/mol. The van der Waals surface area contributed by atoms with Gasteiger partial charge >= 0.3 is 12.3 Å². The van der Waals surface area contributed by atoms with Crippen LogP contribution in [-0.4, -0.2) is 19.0 Å². The second-order valence-corrected chi connectivity index (χ2v) is 3.97. The van der Waals surface area contributed by atoms with E-state index in [1.807, 2.05) is 0 Å². The van der Waals surface area contributed by atoms with Gasteiger partial charge in [0.15, 0.2) is 6.61 Å². The largest absolute Gasteiger partial charge is 0.485 e. The second-order valence-electron chi connectivity index (χ2n) is 3.15. The predicted molar refractivity (Wildman–Crippen MR) is 57.3 cm³/mol. The topological polar surface area (TPSA) is 35.2 Å². The molecule has 0 heterocycles. The fourth-order valence-electron chi connectivity index (χ4n) is 0.906. The summed E-state index contributed by atoms with van der Waals surface area (Å²) in [7, 11) is 0. The molecule has 0 amide bonds. The maximum absolute atomic E-state index is 12.6. The molecule has 1 aromatic carbocycles. The van der Waals surface area contributed by atoms with E-state index in [-0.39, 0.29) is 21.5 Å². The van der Waals surface area contributed by atoms with Crippen LogP contribution >= 0.6 is 23.2 Å². The molecule has 17 heavy (non-hydrogen) atoms. The summed E-state index contributed by atoms with van der Waals surface area (Å²) < 4.78 is 53.3. The Morgan fingerprint density at radius 2 is 1.76 bits per heavy atom. The van der Waals surface area contributed by atoms with Crippen molar-refractivity contribution in [2.75, 3.05) is 12.3 Å². The Kier molecular flexibility index (Phi) is 4.32. The summed E-state index contributed by atoms with van der Waals surface area (Å²) in [6.45, 7) is -1.49. The molecule has 0 bridgehead atoms. The van der Waals surface area contributed by atoms with Gasteiger partial charge in [-0.15, -0.1) is 0 Å². The third kappa shape index (κ3) is 3.54. The lowest BCUT2D eigenvalue weighted by atomic mass is 10.3. The summed E-state index contributed by atoms with van der Waals surface area (Å²) in [6, 6.07) is 2.26. The zero-order valence-electron chi connectivity index (χ0n) is 8.19. The van der Waals surface area contributed by atoms with Crippen LogP contribution in [0.5, 0.6) is 5.75 Å². The van der Waals surface area contributed by atoms with Crippen LogP contribution in [0.15, 0.2) is 12.1 Å². The van der Waals surface area contributed by atoms with Crippen LogP contribution in [0, 0.1) is 0 Å². The Bertz CT molecular complexity index is 414. The molecule has 0 atom stereocenters. The highest BCUT2D eigenvalue weighted by molar-refractivity contribution is 6.42. The van der Waals surface area contributed by atoms with Crippen molar-refractivity contribution in [1.82, 2.24) is 0 Å². The van der Waals surface area contributed by atoms with Gasteiger partial charge in [0.05, 0.1) is 15.7 Å². The zero-order chi connectivity index (χ0) is 13.2. The smallest absolute Gasteiger partial charge is 0.340 e. The summed E-state index contributed by atoms with van der Waals surface area (Å²) in [4.78, 5) is 0. The van der Waals surface area contributed by atoms with E-state index in [9.17, 15) is 17.6 Å². The van der Waals surface area contributed by atoms with Gasteiger partial charge in [-0.3, -0.25) is 0 Å². The van der Waals surface area contributed by atoms with Gasteiger partial charge in [0, 0.05) is 6.07 Å². The number of nitrogens with two attached hydrogens (primary N) is 1. The van der Waals surface area contributed by atoms with Gasteiger partial charge in [-0.1, -0.05) is 23.2 Å². The summed E-state index contributed by atoms with van der Waals surface area (Å²) in [5, 5.41) is 0.133. The molecule has 0 aromatic heterocycles. The molecule has 0 saturated carbocycles. The predicted octanol–water partition coefficient (Wildman–Crippen LogP) is 3.85. The summed E-state index contributed by atoms with van der Waals surface area (Å²) >= 11 is 11.2. The molecule has 0 radical (unpaired) electrons. The number of benzene rings is 1. The third-order valence-electron chi connectivity index (χ3n) is 1.79. The zero-order valence-corrected chi connectivity index (χ0v) is 9.70. The fraction of sp³-hybridized carbons (Fsp3) is 0.333. The molecular weight excluding hydrogens is 285 g/mol. The number of hydrogen-bond acceptors (Lipinski definition) is 2. The fourth-order valence-corrected chi connectivity index (χ4v) is 1.23. The number of anilines is 1. The van der Waals surface area contributed by atoms with E-state index in [2.05, 4.69) is 4.74 Å². The van der Waals surface area contributed by atoms with Crippen molar-refractivity contribution in [3.8, 4) is 5.75 Å². The molecule has 0 aliphatic heterocycles. The van der Waals surface area contributed by atoms with E-state index in [4.69, 9.17) is 28.9 Å². The monoisotopic (exact) mass is 291 g/mol. The van der Waals surface area contributed by atoms with Crippen LogP contribution < -0.4 is 10.5 Å². The molecule has 0 aliphatic carbocycles. The van der Waals surface area contributed by atoms with Crippen LogP contribution in [0.2, 0.25) is 10.0 Å². The Morgan fingerprint density at radius 1 is 1.24 bits per heavy atom. The minimum atomic E-state index is -4.25. The molecule has 1 rings (SSSR count). The van der Waals surface area contributed by atoms with Gasteiger partial charge in [0.1, 0.15) is 5.75 Å². The highest BCUT2D eigenvalue weighted by Gasteiger charge is 2.41. The molecule has 8 heteroatoms. The van der Waals surface area contributed by atoms with Gasteiger partial charge in [-0.25, -0.2) is 8.78 Å². The van der Waals surface area contributed by atoms with Crippen LogP contribution in [0.25, 0.3) is 0 Å². The van der Waals surface area contributed by atoms with Crippen molar-refractivity contribution in [2.45, 2.75) is 12.3 Å². The Morgan fingerprint density at radius 3 is 2.29 bits per heavy atom. The van der Waals surface area contributed by atoms with Crippen LogP contribution in [0.1, 0.15) is 0 Å². The van der Waals surface area contributed by atoms with Gasteiger partial charge in [0.25, 0.3) is 0 Å². The first-order valence-corrected chi connectivity index (χ1v) is 5.03. The number of nitrogen functional groups attached to an aromatic ring is 1. The Hall–Kier alpha value is -0.880. The second kappa shape index (κ2) is 5.18. The number of hydrogen-bond donors (Lipinski definition) is 1. The molecule has 0 aliphatic rings. The summed E-state index contributed by atoms with van der Waals surface area (Å²) in [6.07, 6.45) is -3.81. The SMILES string of the molecule is Nc1cc(Cl)c(Cl)cc1OCC(F)(F)C(F)F. The van der Waals surface area contributed by atoms with Crippen molar-refractivity contribution in [3.63, 3.8) is 0 Å². The molecule has 0 spiro atoms. The molecule has 0 saturated heterocycles. The number of halogens is 6. The summed E-state index contributed by atoms with van der Waals surface area (Å²) in [5.41, 5.74) is 5.33. The first-order valence-electron chi connectivity index (χ1n) is 4.27. The molecule has 96 valence electrons. The molecule has 0 unspecified atom stereocenters. The van der Waals surface area contributed by atoms with Crippen LogP contribution in [0.3, 0.4) is 0 Å². The van der Waals surface area contributed by atoms with Crippen LogP contribution in [-0.2, 0) is 0 Å².